The number of esters is 1. The first-order valence-corrected chi connectivity index (χ1v) is 19.1. The Morgan fingerprint density at radius 3 is 2.17 bits per heavy atom. The van der Waals surface area contributed by atoms with Crippen molar-refractivity contribution in [2.24, 2.45) is 11.0 Å². The summed E-state index contributed by atoms with van der Waals surface area (Å²) >= 11 is 6.40. The van der Waals surface area contributed by atoms with Crippen molar-refractivity contribution < 1.29 is 32.3 Å². The summed E-state index contributed by atoms with van der Waals surface area (Å²) in [5, 5.41) is 7.06. The van der Waals surface area contributed by atoms with E-state index in [0.717, 1.165) is 25.5 Å². The predicted octanol–water partition coefficient (Wildman–Crippen LogP) is 7.12. The van der Waals surface area contributed by atoms with E-state index in [9.17, 15) is 22.8 Å². The van der Waals surface area contributed by atoms with E-state index in [-0.39, 0.29) is 40.4 Å². The molecule has 0 radical (unpaired) electrons. The number of benzene rings is 2. The number of unbranched alkanes of at least 4 members (excludes halogenated alkanes) is 9. The number of rotatable bonds is 21. The highest BCUT2D eigenvalue weighted by Crippen LogP contribution is 2.27. The first-order chi connectivity index (χ1) is 22.9. The van der Waals surface area contributed by atoms with Crippen LogP contribution in [0.4, 0.5) is 11.4 Å². The van der Waals surface area contributed by atoms with Crippen LogP contribution in [0.25, 0.3) is 0 Å². The number of sulfonamides is 1. The van der Waals surface area contributed by atoms with Crippen LogP contribution >= 0.6 is 11.6 Å². The van der Waals surface area contributed by atoms with Gasteiger partial charge < -0.3 is 20.2 Å². The molecule has 1 aliphatic rings. The summed E-state index contributed by atoms with van der Waals surface area (Å²) in [5.74, 6) is -2.43. The van der Waals surface area contributed by atoms with Gasteiger partial charge in [-0.15, -0.1) is 0 Å². The Morgan fingerprint density at radius 2 is 1.56 bits per heavy atom. The van der Waals surface area contributed by atoms with Gasteiger partial charge in [-0.05, 0) is 62.2 Å². The number of hydrogen-bond donors (Lipinski definition) is 3. The second-order valence-electron chi connectivity index (χ2n) is 12.2. The number of carbonyl (C=O) groups is 3. The van der Waals surface area contributed by atoms with Crippen molar-refractivity contribution in [2.75, 3.05) is 22.9 Å². The molecule has 3 N–H and O–H groups in total. The zero-order chi connectivity index (χ0) is 35.1. The molecular weight excluding hydrogens is 656 g/mol. The highest BCUT2D eigenvalue weighted by molar-refractivity contribution is 7.92. The number of hydrazone groups is 1. The van der Waals surface area contributed by atoms with Gasteiger partial charge in [-0.3, -0.25) is 14.3 Å². The summed E-state index contributed by atoms with van der Waals surface area (Å²) in [6.07, 6.45) is 11.6. The third-order valence-corrected chi connectivity index (χ3v) is 8.97. The largest absolute Gasteiger partial charge is 0.473 e. The van der Waals surface area contributed by atoms with Gasteiger partial charge in [0.05, 0.1) is 46.8 Å². The number of hydrogen-bond acceptors (Lipinski definition) is 9. The molecule has 3 unspecified atom stereocenters. The maximum Gasteiger partial charge on any atom is 0.338 e. The predicted molar refractivity (Wildman–Crippen MR) is 190 cm³/mol. The van der Waals surface area contributed by atoms with Crippen LogP contribution in [0.15, 0.2) is 47.6 Å². The highest BCUT2D eigenvalue weighted by Gasteiger charge is 2.42. The second kappa shape index (κ2) is 19.4. The van der Waals surface area contributed by atoms with Crippen LogP contribution in [-0.4, -0.2) is 56.8 Å². The fourth-order valence-corrected chi connectivity index (χ4v) is 6.20. The molecule has 264 valence electrons. The van der Waals surface area contributed by atoms with E-state index in [1.807, 2.05) is 6.92 Å². The van der Waals surface area contributed by atoms with Crippen molar-refractivity contribution in [3.63, 3.8) is 0 Å². The summed E-state index contributed by atoms with van der Waals surface area (Å²) in [6, 6.07) is 9.84. The Labute approximate surface area is 289 Å². The summed E-state index contributed by atoms with van der Waals surface area (Å²) in [6.45, 7) is 6.16. The molecule has 1 aliphatic heterocycles. The van der Waals surface area contributed by atoms with Crippen molar-refractivity contribution in [1.82, 2.24) is 5.43 Å². The first kappa shape index (κ1) is 38.8. The van der Waals surface area contributed by atoms with Crippen LogP contribution < -0.4 is 20.2 Å². The minimum Gasteiger partial charge on any atom is -0.473 e. The van der Waals surface area contributed by atoms with Gasteiger partial charge in [0.2, 0.25) is 16.1 Å². The maximum atomic E-state index is 13.9. The number of nitrogens with one attached hydrogen (secondary N) is 3. The van der Waals surface area contributed by atoms with E-state index in [4.69, 9.17) is 21.1 Å². The van der Waals surface area contributed by atoms with Gasteiger partial charge in [0.1, 0.15) is 5.75 Å². The zero-order valence-electron chi connectivity index (χ0n) is 28.3. The third kappa shape index (κ3) is 12.4. The lowest BCUT2D eigenvalue weighted by molar-refractivity contribution is -0.136. The molecule has 3 rings (SSSR count). The average molecular weight is 705 g/mol. The molecule has 0 bridgehead atoms. The standard InChI is InChI=1S/C35H49ClN4O7S/c1-5-7-8-9-10-11-12-13-14-15-22-46-35(43)25-16-21-28(36)30(23-25)37-34(42)33(32(41)31-24(3)38-39-29(31)6-2)47-27-19-17-26(18-20-27)40-48(4,44)45/h16-21,23-24,31,33,38,40H,5-15,22H2,1-4H3,(H,37,42). The van der Waals surface area contributed by atoms with E-state index in [2.05, 4.69) is 27.5 Å². The Kier molecular flexibility index (Phi) is 15.7. The number of ether oxygens (including phenoxy) is 2. The van der Waals surface area contributed by atoms with Crippen molar-refractivity contribution in [1.29, 1.82) is 0 Å². The van der Waals surface area contributed by atoms with Crippen molar-refractivity contribution >= 4 is 56.4 Å². The lowest BCUT2D eigenvalue weighted by Crippen LogP contribution is -2.47. The molecule has 0 aromatic heterocycles. The van der Waals surface area contributed by atoms with Gasteiger partial charge in [0.25, 0.3) is 5.91 Å². The van der Waals surface area contributed by atoms with Crippen LogP contribution in [0.5, 0.6) is 5.75 Å². The van der Waals surface area contributed by atoms with E-state index < -0.39 is 39.7 Å². The Bertz CT molecular complexity index is 1520. The van der Waals surface area contributed by atoms with Crippen LogP contribution in [0.3, 0.4) is 0 Å². The highest BCUT2D eigenvalue weighted by atomic mass is 35.5. The van der Waals surface area contributed by atoms with Crippen LogP contribution in [0, 0.1) is 5.92 Å². The monoisotopic (exact) mass is 704 g/mol. The van der Waals surface area contributed by atoms with E-state index in [0.29, 0.717) is 12.1 Å². The second-order valence-corrected chi connectivity index (χ2v) is 14.3. The quantitative estimate of drug-likeness (QED) is 0.0706. The number of anilines is 2. The summed E-state index contributed by atoms with van der Waals surface area (Å²) in [4.78, 5) is 40.4. The minimum absolute atomic E-state index is 0.117. The Balaban J connectivity index is 1.65. The number of amides is 1. The SMILES string of the molecule is CCCCCCCCCCCCOC(=O)c1ccc(Cl)c(NC(=O)C(Oc2ccc(NS(C)(=O)=O)cc2)C(=O)C2C(CC)=NNC2C)c1. The lowest BCUT2D eigenvalue weighted by Gasteiger charge is -2.23. The van der Waals surface area contributed by atoms with E-state index in [1.165, 1.54) is 87.4 Å². The van der Waals surface area contributed by atoms with Crippen LogP contribution in [0.1, 0.15) is 102 Å². The van der Waals surface area contributed by atoms with Gasteiger partial charge in [0.15, 0.2) is 5.78 Å². The maximum absolute atomic E-state index is 13.9. The molecular formula is C35H49ClN4O7S. The molecule has 2 aromatic rings. The number of nitrogens with zero attached hydrogens (tertiary/aromatic N) is 1. The lowest BCUT2D eigenvalue weighted by atomic mass is 9.88. The number of halogens is 1. The Hall–Kier alpha value is -3.64. The van der Waals surface area contributed by atoms with Crippen molar-refractivity contribution in [3.05, 3.63) is 53.1 Å². The van der Waals surface area contributed by atoms with Crippen LogP contribution in [-0.2, 0) is 24.3 Å². The number of carbonyl (C=O) groups excluding carboxylic acids is 3. The summed E-state index contributed by atoms with van der Waals surface area (Å²) in [5.41, 5.74) is 4.10. The summed E-state index contributed by atoms with van der Waals surface area (Å²) < 4.78 is 36.9. The average Bonchev–Trinajstić information content (AvgIpc) is 3.43. The fourth-order valence-electron chi connectivity index (χ4n) is 5.47. The molecule has 3 atom stereocenters. The molecule has 0 spiro atoms. The first-order valence-electron chi connectivity index (χ1n) is 16.8. The number of ketones is 1. The van der Waals surface area contributed by atoms with Gasteiger partial charge in [0, 0.05) is 5.69 Å². The molecule has 0 saturated heterocycles. The smallest absolute Gasteiger partial charge is 0.338 e. The van der Waals surface area contributed by atoms with Crippen molar-refractivity contribution in [3.8, 4) is 5.75 Å². The molecule has 0 fully saturated rings. The molecule has 1 amide bonds. The molecule has 1 heterocycles. The minimum atomic E-state index is -3.50. The zero-order valence-corrected chi connectivity index (χ0v) is 29.9. The molecule has 2 aromatic carbocycles. The molecule has 13 heteroatoms. The fraction of sp³-hybridized carbons (Fsp3) is 0.543. The van der Waals surface area contributed by atoms with Gasteiger partial charge >= 0.3 is 5.97 Å². The number of Topliss-reactive ketones (excluding diaryl/α,β-unsaturated/α-hetero) is 1. The normalized spacial score (nSPS) is 16.4. The van der Waals surface area contributed by atoms with Gasteiger partial charge in [-0.25, -0.2) is 13.2 Å². The van der Waals surface area contributed by atoms with Gasteiger partial charge in [-0.1, -0.05) is 83.2 Å². The molecule has 0 aliphatic carbocycles. The molecule has 11 nitrogen and oxygen atoms in total. The molecule has 48 heavy (non-hydrogen) atoms. The molecule has 0 saturated carbocycles. The third-order valence-electron chi connectivity index (χ3n) is 8.04. The van der Waals surface area contributed by atoms with Crippen LogP contribution in [0.2, 0.25) is 5.02 Å². The van der Waals surface area contributed by atoms with Crippen molar-refractivity contribution in [2.45, 2.75) is 104 Å². The summed E-state index contributed by atoms with van der Waals surface area (Å²) in [7, 11) is -3.50. The Morgan fingerprint density at radius 1 is 0.938 bits per heavy atom. The van der Waals surface area contributed by atoms with E-state index >= 15 is 0 Å². The van der Waals surface area contributed by atoms with Gasteiger partial charge in [-0.2, -0.15) is 5.10 Å². The topological polar surface area (TPSA) is 152 Å². The van der Waals surface area contributed by atoms with E-state index in [1.54, 1.807) is 6.92 Å².